The molecule has 1 aliphatic heterocycles. The molecule has 6 N–H and O–H groups in total. The number of fused-ring (bicyclic) bond motifs is 5. The minimum atomic E-state index is -1.49. The van der Waals surface area contributed by atoms with Crippen molar-refractivity contribution < 1.29 is 49.6 Å². The van der Waals surface area contributed by atoms with Crippen LogP contribution < -0.4 is 0 Å². The molecule has 0 spiro atoms. The Bertz CT molecular complexity index is 1770. The van der Waals surface area contributed by atoms with E-state index in [1.165, 1.54) is 5.57 Å². The second-order valence-corrected chi connectivity index (χ2v) is 21.5. The summed E-state index contributed by atoms with van der Waals surface area (Å²) in [6, 6.07) is 10.0. The molecule has 10 nitrogen and oxygen atoms in total. The smallest absolute Gasteiger partial charge is 0.310 e. The van der Waals surface area contributed by atoms with Gasteiger partial charge in [0, 0.05) is 17.9 Å². The topological polar surface area (TPSA) is 166 Å². The van der Waals surface area contributed by atoms with Crippen LogP contribution in [0.15, 0.2) is 54.1 Å². The van der Waals surface area contributed by atoms with Crippen molar-refractivity contribution in [2.45, 2.75) is 149 Å². The van der Waals surface area contributed by atoms with Crippen molar-refractivity contribution in [2.75, 3.05) is 19.8 Å². The van der Waals surface area contributed by atoms with E-state index >= 15 is 0 Å². The number of carbonyl (C=O) groups is 1. The summed E-state index contributed by atoms with van der Waals surface area (Å²) in [5, 5.41) is 65.9. The fourth-order valence-corrected chi connectivity index (χ4v) is 15.4. The molecule has 1 aromatic carbocycles. The summed E-state index contributed by atoms with van der Waals surface area (Å²) in [5.74, 6) is -0.641. The maximum Gasteiger partial charge on any atom is 0.310 e. The highest BCUT2D eigenvalue weighted by atomic mass is 16.7. The average Bonchev–Trinajstić information content (AvgIpc) is 3.21. The lowest BCUT2D eigenvalue weighted by atomic mass is 9.28. The van der Waals surface area contributed by atoms with Crippen LogP contribution in [0.5, 0.6) is 0 Å². The Kier molecular flexibility index (Phi) is 11.5. The Balaban J connectivity index is 1.26. The molecular weight excluding hydrogens is 749 g/mol. The number of unbranched alkanes of at least 4 members (excludes halogenated alkanes) is 2. The summed E-state index contributed by atoms with van der Waals surface area (Å²) in [6.07, 6.45) is 8.99. The zero-order valence-electron chi connectivity index (χ0n) is 36.3. The first-order valence-corrected chi connectivity index (χ1v) is 22.8. The molecule has 0 amide bonds. The third-order valence-corrected chi connectivity index (χ3v) is 18.6. The van der Waals surface area contributed by atoms with Crippen molar-refractivity contribution in [2.24, 2.45) is 68.0 Å². The van der Waals surface area contributed by atoms with E-state index in [2.05, 4.69) is 59.8 Å². The Hall–Kier alpha value is -2.15. The Morgan fingerprint density at radius 2 is 1.66 bits per heavy atom. The second-order valence-electron chi connectivity index (χ2n) is 21.5. The van der Waals surface area contributed by atoms with Gasteiger partial charge >= 0.3 is 5.97 Å². The molecule has 7 aliphatic rings. The molecule has 1 saturated heterocycles. The van der Waals surface area contributed by atoms with E-state index in [0.29, 0.717) is 32.3 Å². The highest BCUT2D eigenvalue weighted by molar-refractivity contribution is 5.77. The molecular formula is C49H72O10. The zero-order valence-corrected chi connectivity index (χ0v) is 36.3. The highest BCUT2D eigenvalue weighted by Gasteiger charge is 2.77. The summed E-state index contributed by atoms with van der Waals surface area (Å²) >= 11 is 0. The van der Waals surface area contributed by atoms with Gasteiger partial charge in [-0.1, -0.05) is 115 Å². The van der Waals surface area contributed by atoms with E-state index in [0.717, 1.165) is 44.1 Å². The standard InChI is InChI=1S/C49H72O10/c1-7-8-10-15-31-23-49(43(55)56)21-20-44(2,27-50)24-34(49)32-18-19-36-46(4,48(31,32)6)22-30-16-17-33-39(57-25-29-13-11-9-12-14-29)41(45(3,28-51)40(30)47(33,36)5)59-42-38(54)37(53)35(52)26-58-42/h9,11-14,16-18,30-31,33-42,50-54H,7-8,10,15,19-28H2,1-6H3,(H,55,56)/t30-,31-,33-,34-,35+,36-,37-,38+,39+,40+,41+,42-,44-,45-,46+,47+,48+,49-/m0/s1. The van der Waals surface area contributed by atoms with Crippen molar-refractivity contribution in [3.05, 3.63) is 59.7 Å². The second kappa shape index (κ2) is 15.6. The molecule has 5 fully saturated rings. The van der Waals surface area contributed by atoms with Crippen LogP contribution in [0.1, 0.15) is 111 Å². The number of aliphatic hydroxyl groups is 5. The number of allylic oxidation sites excluding steroid dienone is 3. The molecule has 18 atom stereocenters. The van der Waals surface area contributed by atoms with E-state index < -0.39 is 53.6 Å². The van der Waals surface area contributed by atoms with Gasteiger partial charge in [-0.2, -0.15) is 0 Å². The molecule has 0 unspecified atom stereocenters. The van der Waals surface area contributed by atoms with E-state index in [1.807, 2.05) is 30.3 Å². The third-order valence-electron chi connectivity index (χ3n) is 18.6. The highest BCUT2D eigenvalue weighted by Crippen LogP contribution is 2.80. The number of hydrogen-bond donors (Lipinski definition) is 6. The monoisotopic (exact) mass is 821 g/mol. The number of benzene rings is 1. The maximum absolute atomic E-state index is 13.7. The molecule has 8 rings (SSSR count). The molecule has 1 aromatic rings. The van der Waals surface area contributed by atoms with Crippen molar-refractivity contribution in [1.29, 1.82) is 0 Å². The first-order valence-electron chi connectivity index (χ1n) is 22.8. The minimum absolute atomic E-state index is 0.0444. The average molecular weight is 821 g/mol. The molecule has 0 aromatic heterocycles. The summed E-state index contributed by atoms with van der Waals surface area (Å²) < 4.78 is 19.8. The number of carboxylic acids is 1. The van der Waals surface area contributed by atoms with E-state index in [1.54, 1.807) is 0 Å². The van der Waals surface area contributed by atoms with Gasteiger partial charge in [0.05, 0.1) is 37.4 Å². The fourth-order valence-electron chi connectivity index (χ4n) is 15.4. The number of rotatable bonds is 12. The van der Waals surface area contributed by atoms with Crippen LogP contribution in [0.2, 0.25) is 0 Å². The number of carboxylic acid groups (broad SMARTS) is 1. The molecule has 1 heterocycles. The van der Waals surface area contributed by atoms with Gasteiger partial charge < -0.3 is 44.8 Å². The fraction of sp³-hybridized carbons (Fsp3) is 0.776. The normalized spacial score (nSPS) is 49.9. The number of aliphatic hydroxyl groups excluding tert-OH is 5. The molecule has 6 aliphatic carbocycles. The van der Waals surface area contributed by atoms with Crippen LogP contribution in [0.3, 0.4) is 0 Å². The zero-order chi connectivity index (χ0) is 42.3. The van der Waals surface area contributed by atoms with Gasteiger partial charge in [-0.15, -0.1) is 0 Å². The van der Waals surface area contributed by atoms with Gasteiger partial charge in [-0.3, -0.25) is 4.79 Å². The number of aliphatic carboxylic acids is 1. The van der Waals surface area contributed by atoms with E-state index in [-0.39, 0.29) is 77.0 Å². The van der Waals surface area contributed by atoms with Crippen molar-refractivity contribution in [3.63, 3.8) is 0 Å². The van der Waals surface area contributed by atoms with E-state index in [4.69, 9.17) is 14.2 Å². The first kappa shape index (κ1) is 43.5. The molecule has 10 heteroatoms. The van der Waals surface area contributed by atoms with Gasteiger partial charge in [0.15, 0.2) is 6.29 Å². The summed E-state index contributed by atoms with van der Waals surface area (Å²) in [6.45, 7) is 13.9. The largest absolute Gasteiger partial charge is 0.481 e. The molecule has 0 radical (unpaired) electrons. The Morgan fingerprint density at radius 1 is 0.915 bits per heavy atom. The summed E-state index contributed by atoms with van der Waals surface area (Å²) in [7, 11) is 0. The molecule has 328 valence electrons. The molecule has 59 heavy (non-hydrogen) atoms. The van der Waals surface area contributed by atoms with Gasteiger partial charge in [-0.25, -0.2) is 0 Å². The van der Waals surface area contributed by atoms with Crippen LogP contribution in [-0.4, -0.2) is 93.2 Å². The predicted molar refractivity (Wildman–Crippen MR) is 222 cm³/mol. The molecule has 4 bridgehead atoms. The Labute approximate surface area is 351 Å². The van der Waals surface area contributed by atoms with Crippen LogP contribution in [0.4, 0.5) is 0 Å². The van der Waals surface area contributed by atoms with Crippen molar-refractivity contribution in [1.82, 2.24) is 0 Å². The third kappa shape index (κ3) is 6.34. The Morgan fingerprint density at radius 3 is 2.34 bits per heavy atom. The number of ether oxygens (including phenoxy) is 3. The predicted octanol–water partition coefficient (Wildman–Crippen LogP) is 6.67. The van der Waals surface area contributed by atoms with Gasteiger partial charge in [-0.05, 0) is 102 Å². The number of hydrogen-bond acceptors (Lipinski definition) is 9. The van der Waals surface area contributed by atoms with Crippen LogP contribution in [0.25, 0.3) is 0 Å². The van der Waals surface area contributed by atoms with Gasteiger partial charge in [0.25, 0.3) is 0 Å². The lowest BCUT2D eigenvalue weighted by Gasteiger charge is -2.76. The van der Waals surface area contributed by atoms with Crippen molar-refractivity contribution in [3.8, 4) is 0 Å². The minimum Gasteiger partial charge on any atom is -0.481 e. The lowest BCUT2D eigenvalue weighted by molar-refractivity contribution is -0.347. The SMILES string of the molecule is CCCCC[C@H]1C[C@@]2(C(=O)O)CC[C@](C)(CO)C[C@H]2C2=CC[C@@H]3[C@]4(C)[C@@H]5[C@@H](C=C[C@H]4[C@@H](OCc4ccccc4)[C@@H](O[C@@H]4OC[C@@H](O)[C@H](O)[C@H]4O)[C@@]5(C)CO)C[C@@]3(C)[C@@]21C. The first-order chi connectivity index (χ1) is 28.0. The van der Waals surface area contributed by atoms with Gasteiger partial charge in [0.1, 0.15) is 18.3 Å². The molecule has 4 saturated carbocycles. The van der Waals surface area contributed by atoms with Crippen molar-refractivity contribution >= 4 is 5.97 Å². The van der Waals surface area contributed by atoms with E-state index in [9.17, 15) is 35.4 Å². The van der Waals surface area contributed by atoms with Crippen LogP contribution in [-0.2, 0) is 25.6 Å². The van der Waals surface area contributed by atoms with Gasteiger partial charge in [0.2, 0.25) is 0 Å². The summed E-state index contributed by atoms with van der Waals surface area (Å²) in [4.78, 5) is 13.7. The van der Waals surface area contributed by atoms with Crippen LogP contribution in [0, 0.1) is 68.0 Å². The van der Waals surface area contributed by atoms with Crippen LogP contribution >= 0.6 is 0 Å². The maximum atomic E-state index is 13.7. The quantitative estimate of drug-likeness (QED) is 0.0763. The summed E-state index contributed by atoms with van der Waals surface area (Å²) in [5.41, 5.74) is -0.660. The lowest BCUT2D eigenvalue weighted by Crippen LogP contribution is -2.75.